The van der Waals surface area contributed by atoms with Crippen LogP contribution in [0, 0.1) is 0 Å². The molecular formula is C12H13ClO. The van der Waals surface area contributed by atoms with Gasteiger partial charge in [-0.2, -0.15) is 0 Å². The fourth-order valence-corrected chi connectivity index (χ4v) is 1.78. The highest BCUT2D eigenvalue weighted by atomic mass is 35.5. The highest BCUT2D eigenvalue weighted by Crippen LogP contribution is 2.21. The van der Waals surface area contributed by atoms with Crippen molar-refractivity contribution >= 4 is 11.6 Å². The van der Waals surface area contributed by atoms with Gasteiger partial charge in [-0.05, 0) is 43.0 Å². The maximum absolute atomic E-state index is 5.85. The molecule has 0 saturated carbocycles. The average Bonchev–Trinajstić information content (AvgIpc) is 2.67. The number of benzene rings is 1. The van der Waals surface area contributed by atoms with E-state index in [0.29, 0.717) is 6.61 Å². The lowest BCUT2D eigenvalue weighted by Gasteiger charge is -2.06. The molecule has 74 valence electrons. The van der Waals surface area contributed by atoms with Gasteiger partial charge in [0.05, 0.1) is 0 Å². The minimum atomic E-state index is 0.709. The van der Waals surface area contributed by atoms with Crippen LogP contribution < -0.4 is 4.74 Å². The molecule has 2 rings (SSSR count). The lowest BCUT2D eigenvalue weighted by molar-refractivity contribution is 0.349. The van der Waals surface area contributed by atoms with E-state index in [9.17, 15) is 0 Å². The second-order valence-corrected chi connectivity index (χ2v) is 3.94. The second-order valence-electron chi connectivity index (χ2n) is 3.50. The summed E-state index contributed by atoms with van der Waals surface area (Å²) in [6, 6.07) is 7.53. The van der Waals surface area contributed by atoms with Crippen molar-refractivity contribution in [3.63, 3.8) is 0 Å². The Labute approximate surface area is 89.3 Å². The highest BCUT2D eigenvalue weighted by molar-refractivity contribution is 6.30. The molecule has 14 heavy (non-hydrogen) atoms. The Morgan fingerprint density at radius 3 is 3.00 bits per heavy atom. The first-order valence-corrected chi connectivity index (χ1v) is 5.29. The molecule has 2 heteroatoms. The Hall–Kier alpha value is -0.950. The van der Waals surface area contributed by atoms with Crippen molar-refractivity contribution in [3.05, 3.63) is 40.9 Å². The molecule has 0 aromatic heterocycles. The fourth-order valence-electron chi connectivity index (χ4n) is 1.60. The number of hydrogen-bond acceptors (Lipinski definition) is 1. The van der Waals surface area contributed by atoms with Gasteiger partial charge < -0.3 is 4.74 Å². The van der Waals surface area contributed by atoms with Crippen LogP contribution >= 0.6 is 11.6 Å². The molecule has 1 aliphatic rings. The van der Waals surface area contributed by atoms with Crippen LogP contribution in [-0.2, 0) is 0 Å². The molecule has 0 fully saturated rings. The summed E-state index contributed by atoms with van der Waals surface area (Å²) < 4.78 is 5.62. The van der Waals surface area contributed by atoms with Crippen molar-refractivity contribution in [1.82, 2.24) is 0 Å². The summed E-state index contributed by atoms with van der Waals surface area (Å²) >= 11 is 5.85. The summed E-state index contributed by atoms with van der Waals surface area (Å²) in [7, 11) is 0. The van der Waals surface area contributed by atoms with Crippen molar-refractivity contribution in [1.29, 1.82) is 0 Å². The standard InChI is InChI=1S/C12H13ClO/c13-11-6-3-7-12(8-11)14-9-10-4-1-2-5-10/h3-4,6-8H,1-2,5,9H2. The van der Waals surface area contributed by atoms with Crippen molar-refractivity contribution in [2.24, 2.45) is 0 Å². The van der Waals surface area contributed by atoms with E-state index in [-0.39, 0.29) is 0 Å². The first kappa shape index (κ1) is 9.60. The van der Waals surface area contributed by atoms with E-state index < -0.39 is 0 Å². The van der Waals surface area contributed by atoms with Crippen LogP contribution in [0.3, 0.4) is 0 Å². The van der Waals surface area contributed by atoms with Gasteiger partial charge in [-0.15, -0.1) is 0 Å². The maximum Gasteiger partial charge on any atom is 0.121 e. The SMILES string of the molecule is Clc1cccc(OCC2=CCCC2)c1. The first-order valence-electron chi connectivity index (χ1n) is 4.91. The predicted octanol–water partition coefficient (Wildman–Crippen LogP) is 3.83. The van der Waals surface area contributed by atoms with Gasteiger partial charge in [0.25, 0.3) is 0 Å². The fraction of sp³-hybridized carbons (Fsp3) is 0.333. The zero-order chi connectivity index (χ0) is 9.80. The van der Waals surface area contributed by atoms with E-state index in [4.69, 9.17) is 16.3 Å². The van der Waals surface area contributed by atoms with Crippen LogP contribution in [0.2, 0.25) is 5.02 Å². The van der Waals surface area contributed by atoms with Gasteiger partial charge in [0.2, 0.25) is 0 Å². The molecule has 0 unspecified atom stereocenters. The van der Waals surface area contributed by atoms with Gasteiger partial charge in [0.15, 0.2) is 0 Å². The molecule has 1 nitrogen and oxygen atoms in total. The van der Waals surface area contributed by atoms with Gasteiger partial charge in [-0.1, -0.05) is 23.7 Å². The Morgan fingerprint density at radius 2 is 2.29 bits per heavy atom. The normalized spacial score (nSPS) is 15.4. The number of halogens is 1. The highest BCUT2D eigenvalue weighted by Gasteiger charge is 2.04. The lowest BCUT2D eigenvalue weighted by Crippen LogP contribution is -1.98. The number of hydrogen-bond donors (Lipinski definition) is 0. The Kier molecular flexibility index (Phi) is 3.10. The largest absolute Gasteiger partial charge is 0.489 e. The zero-order valence-corrected chi connectivity index (χ0v) is 8.76. The quantitative estimate of drug-likeness (QED) is 0.686. The minimum Gasteiger partial charge on any atom is -0.489 e. The molecule has 0 radical (unpaired) electrons. The number of allylic oxidation sites excluding steroid dienone is 1. The summed E-state index contributed by atoms with van der Waals surface area (Å²) in [5.41, 5.74) is 1.41. The summed E-state index contributed by atoms with van der Waals surface area (Å²) in [4.78, 5) is 0. The number of ether oxygens (including phenoxy) is 1. The average molecular weight is 209 g/mol. The summed E-state index contributed by atoms with van der Waals surface area (Å²) in [6.45, 7) is 0.709. The third-order valence-electron chi connectivity index (χ3n) is 2.36. The van der Waals surface area contributed by atoms with Crippen molar-refractivity contribution in [2.45, 2.75) is 19.3 Å². The zero-order valence-electron chi connectivity index (χ0n) is 8.00. The van der Waals surface area contributed by atoms with Gasteiger partial charge in [-0.25, -0.2) is 0 Å². The van der Waals surface area contributed by atoms with Gasteiger partial charge in [0, 0.05) is 5.02 Å². The topological polar surface area (TPSA) is 9.23 Å². The minimum absolute atomic E-state index is 0.709. The van der Waals surface area contributed by atoms with Gasteiger partial charge in [0.1, 0.15) is 12.4 Å². The number of rotatable bonds is 3. The van der Waals surface area contributed by atoms with Crippen molar-refractivity contribution in [2.75, 3.05) is 6.61 Å². The Bertz CT molecular complexity index is 344. The molecule has 1 aromatic carbocycles. The molecule has 0 atom stereocenters. The van der Waals surface area contributed by atoms with Crippen LogP contribution in [0.5, 0.6) is 5.75 Å². The molecule has 0 aliphatic heterocycles. The van der Waals surface area contributed by atoms with Crippen LogP contribution in [0.4, 0.5) is 0 Å². The van der Waals surface area contributed by atoms with E-state index >= 15 is 0 Å². The van der Waals surface area contributed by atoms with Crippen LogP contribution in [0.25, 0.3) is 0 Å². The molecule has 1 aliphatic carbocycles. The molecule has 0 saturated heterocycles. The molecule has 1 aromatic rings. The van der Waals surface area contributed by atoms with Crippen LogP contribution in [0.1, 0.15) is 19.3 Å². The molecule has 0 heterocycles. The van der Waals surface area contributed by atoms with Crippen molar-refractivity contribution in [3.8, 4) is 5.75 Å². The van der Waals surface area contributed by atoms with E-state index in [1.54, 1.807) is 0 Å². The van der Waals surface area contributed by atoms with Gasteiger partial charge >= 0.3 is 0 Å². The first-order chi connectivity index (χ1) is 6.84. The Morgan fingerprint density at radius 1 is 1.36 bits per heavy atom. The summed E-state index contributed by atoms with van der Waals surface area (Å²) in [6.07, 6.45) is 5.92. The van der Waals surface area contributed by atoms with Crippen LogP contribution in [-0.4, -0.2) is 6.61 Å². The molecule has 0 N–H and O–H groups in total. The third kappa shape index (κ3) is 2.52. The van der Waals surface area contributed by atoms with E-state index in [1.807, 2.05) is 24.3 Å². The monoisotopic (exact) mass is 208 g/mol. The lowest BCUT2D eigenvalue weighted by atomic mass is 10.2. The molecule has 0 spiro atoms. The van der Waals surface area contributed by atoms with E-state index in [1.165, 1.54) is 24.8 Å². The summed E-state index contributed by atoms with van der Waals surface area (Å²) in [5.74, 6) is 0.852. The molecule has 0 amide bonds. The molecule has 0 bridgehead atoms. The molecular weight excluding hydrogens is 196 g/mol. The van der Waals surface area contributed by atoms with E-state index in [0.717, 1.165) is 10.8 Å². The van der Waals surface area contributed by atoms with Crippen molar-refractivity contribution < 1.29 is 4.74 Å². The van der Waals surface area contributed by atoms with Gasteiger partial charge in [-0.3, -0.25) is 0 Å². The predicted molar refractivity (Wildman–Crippen MR) is 58.9 cm³/mol. The van der Waals surface area contributed by atoms with E-state index in [2.05, 4.69) is 6.08 Å². The Balaban J connectivity index is 1.91. The third-order valence-corrected chi connectivity index (χ3v) is 2.59. The second kappa shape index (κ2) is 4.52. The summed E-state index contributed by atoms with van der Waals surface area (Å²) in [5, 5.41) is 0.725. The van der Waals surface area contributed by atoms with Crippen LogP contribution in [0.15, 0.2) is 35.9 Å². The smallest absolute Gasteiger partial charge is 0.121 e. The maximum atomic E-state index is 5.85.